The molecule has 6 nitrogen and oxygen atoms in total. The second-order valence-electron chi connectivity index (χ2n) is 5.26. The topological polar surface area (TPSA) is 81.2 Å². The summed E-state index contributed by atoms with van der Waals surface area (Å²) >= 11 is 0.977. The van der Waals surface area contributed by atoms with Crippen LogP contribution in [0.3, 0.4) is 0 Å². The Hall–Kier alpha value is -2.28. The van der Waals surface area contributed by atoms with E-state index in [-0.39, 0.29) is 5.91 Å². The maximum absolute atomic E-state index is 12.2. The van der Waals surface area contributed by atoms with Crippen molar-refractivity contribution in [2.75, 3.05) is 5.32 Å². The molecular formula is C16H19N3O3S. The van der Waals surface area contributed by atoms with Crippen LogP contribution in [0.4, 0.5) is 5.69 Å². The van der Waals surface area contributed by atoms with Gasteiger partial charge in [0.1, 0.15) is 0 Å². The molecule has 0 bridgehead atoms. The van der Waals surface area contributed by atoms with Crippen LogP contribution in [0.1, 0.15) is 40.3 Å². The van der Waals surface area contributed by atoms with Gasteiger partial charge in [0.15, 0.2) is 11.0 Å². The van der Waals surface area contributed by atoms with Crippen molar-refractivity contribution in [1.29, 1.82) is 0 Å². The smallest absolute Gasteiger partial charge is 0.352 e. The second kappa shape index (κ2) is 7.32. The van der Waals surface area contributed by atoms with E-state index in [0.717, 1.165) is 22.7 Å². The highest BCUT2D eigenvalue weighted by molar-refractivity contribution is 7.07. The second-order valence-corrected chi connectivity index (χ2v) is 6.01. The number of ether oxygens (including phenoxy) is 1. The molecule has 7 heteroatoms. The van der Waals surface area contributed by atoms with Crippen LogP contribution in [0.25, 0.3) is 0 Å². The third-order valence-electron chi connectivity index (χ3n) is 3.38. The molecule has 1 heterocycles. The first-order chi connectivity index (χ1) is 10.9. The third kappa shape index (κ3) is 4.13. The van der Waals surface area contributed by atoms with Gasteiger partial charge in [-0.15, -0.1) is 5.10 Å². The van der Waals surface area contributed by atoms with Crippen LogP contribution >= 0.6 is 11.5 Å². The number of benzene rings is 1. The zero-order valence-corrected chi connectivity index (χ0v) is 14.4. The van der Waals surface area contributed by atoms with E-state index in [2.05, 4.69) is 14.9 Å². The van der Waals surface area contributed by atoms with Crippen LogP contribution in [0.5, 0.6) is 0 Å². The summed E-state index contributed by atoms with van der Waals surface area (Å²) in [4.78, 5) is 24.7. The lowest BCUT2D eigenvalue weighted by atomic mass is 10.1. The standard InChI is InChI=1S/C16H19N3O3S/c1-5-12-14(23-19-18-12)16(21)22-11(4)15(20)17-13-8-9(2)6-7-10(13)3/h6-8,11H,5H2,1-4H3,(H,17,20)/t11-/m1/s1. The molecule has 0 aliphatic rings. The highest BCUT2D eigenvalue weighted by atomic mass is 32.1. The highest BCUT2D eigenvalue weighted by Gasteiger charge is 2.23. The molecule has 0 fully saturated rings. The monoisotopic (exact) mass is 333 g/mol. The van der Waals surface area contributed by atoms with Crippen LogP contribution in [-0.4, -0.2) is 27.6 Å². The van der Waals surface area contributed by atoms with Crippen molar-refractivity contribution >= 4 is 29.1 Å². The van der Waals surface area contributed by atoms with Gasteiger partial charge in [-0.1, -0.05) is 23.5 Å². The van der Waals surface area contributed by atoms with E-state index in [1.165, 1.54) is 0 Å². The van der Waals surface area contributed by atoms with Gasteiger partial charge in [0.05, 0.1) is 5.69 Å². The molecule has 1 atom stereocenters. The third-order valence-corrected chi connectivity index (χ3v) is 4.13. The van der Waals surface area contributed by atoms with Crippen molar-refractivity contribution < 1.29 is 14.3 Å². The van der Waals surface area contributed by atoms with Gasteiger partial charge in [0.25, 0.3) is 5.91 Å². The Kier molecular flexibility index (Phi) is 5.44. The van der Waals surface area contributed by atoms with Gasteiger partial charge in [-0.25, -0.2) is 4.79 Å². The molecule has 122 valence electrons. The lowest BCUT2D eigenvalue weighted by molar-refractivity contribution is -0.123. The molecule has 23 heavy (non-hydrogen) atoms. The zero-order valence-electron chi connectivity index (χ0n) is 13.5. The van der Waals surface area contributed by atoms with E-state index in [9.17, 15) is 9.59 Å². The molecule has 2 aromatic rings. The Balaban J connectivity index is 2.02. The quantitative estimate of drug-likeness (QED) is 0.851. The van der Waals surface area contributed by atoms with E-state index in [4.69, 9.17) is 4.74 Å². The minimum atomic E-state index is -0.908. The van der Waals surface area contributed by atoms with Gasteiger partial charge in [0.2, 0.25) is 0 Å². The number of esters is 1. The number of aromatic nitrogens is 2. The van der Waals surface area contributed by atoms with Gasteiger partial charge in [-0.05, 0) is 55.9 Å². The molecule has 1 aromatic carbocycles. The maximum atomic E-state index is 12.2. The zero-order chi connectivity index (χ0) is 17.0. The summed E-state index contributed by atoms with van der Waals surface area (Å²) in [6, 6.07) is 5.78. The first-order valence-electron chi connectivity index (χ1n) is 7.32. The summed E-state index contributed by atoms with van der Waals surface area (Å²) in [7, 11) is 0. The van der Waals surface area contributed by atoms with Crippen molar-refractivity contribution in [2.24, 2.45) is 0 Å². The largest absolute Gasteiger partial charge is 0.448 e. The molecule has 0 spiro atoms. The van der Waals surface area contributed by atoms with Crippen molar-refractivity contribution in [3.63, 3.8) is 0 Å². The highest BCUT2D eigenvalue weighted by Crippen LogP contribution is 2.18. The Morgan fingerprint density at radius 2 is 2.09 bits per heavy atom. The molecule has 0 aliphatic carbocycles. The number of aryl methyl sites for hydroxylation is 3. The fourth-order valence-electron chi connectivity index (χ4n) is 1.97. The van der Waals surface area contributed by atoms with Gasteiger partial charge in [-0.3, -0.25) is 4.79 Å². The number of rotatable bonds is 5. The van der Waals surface area contributed by atoms with Crippen LogP contribution < -0.4 is 5.32 Å². The van der Waals surface area contributed by atoms with Crippen molar-refractivity contribution in [1.82, 2.24) is 9.59 Å². The Morgan fingerprint density at radius 3 is 2.78 bits per heavy atom. The minimum absolute atomic E-state index is 0.346. The summed E-state index contributed by atoms with van der Waals surface area (Å²) in [5.74, 6) is -0.942. The number of nitrogens with zero attached hydrogens (tertiary/aromatic N) is 2. The van der Waals surface area contributed by atoms with Crippen LogP contribution in [0, 0.1) is 13.8 Å². The maximum Gasteiger partial charge on any atom is 0.352 e. The number of nitrogens with one attached hydrogen (secondary N) is 1. The Labute approximate surface area is 139 Å². The lowest BCUT2D eigenvalue weighted by Gasteiger charge is -2.14. The number of carbonyl (C=O) groups is 2. The average Bonchev–Trinajstić information content (AvgIpc) is 2.99. The number of carbonyl (C=O) groups excluding carboxylic acids is 2. The number of hydrogen-bond acceptors (Lipinski definition) is 6. The van der Waals surface area contributed by atoms with Gasteiger partial charge < -0.3 is 10.1 Å². The number of hydrogen-bond donors (Lipinski definition) is 1. The Morgan fingerprint density at radius 1 is 1.35 bits per heavy atom. The SMILES string of the molecule is CCc1nnsc1C(=O)O[C@H](C)C(=O)Nc1cc(C)ccc1C. The van der Waals surface area contributed by atoms with Gasteiger partial charge in [0, 0.05) is 5.69 Å². The van der Waals surface area contributed by atoms with E-state index >= 15 is 0 Å². The first kappa shape index (κ1) is 17.1. The molecule has 0 saturated heterocycles. The lowest BCUT2D eigenvalue weighted by Crippen LogP contribution is -2.30. The molecule has 1 N–H and O–H groups in total. The molecule has 1 amide bonds. The normalized spacial score (nSPS) is 11.8. The van der Waals surface area contributed by atoms with Crippen LogP contribution in [0.2, 0.25) is 0 Å². The summed E-state index contributed by atoms with van der Waals surface area (Å²) in [5, 5.41) is 6.65. The summed E-state index contributed by atoms with van der Waals surface area (Å²) in [6.45, 7) is 7.27. The fourth-order valence-corrected chi connectivity index (χ4v) is 2.60. The van der Waals surface area contributed by atoms with Gasteiger partial charge in [-0.2, -0.15) is 0 Å². The molecule has 0 radical (unpaired) electrons. The van der Waals surface area contributed by atoms with Crippen molar-refractivity contribution in [2.45, 2.75) is 40.2 Å². The molecular weight excluding hydrogens is 314 g/mol. The first-order valence-corrected chi connectivity index (χ1v) is 8.10. The summed E-state index contributed by atoms with van der Waals surface area (Å²) < 4.78 is 8.97. The summed E-state index contributed by atoms with van der Waals surface area (Å²) in [5.41, 5.74) is 3.29. The fraction of sp³-hybridized carbons (Fsp3) is 0.375. The Bertz CT molecular complexity index is 727. The van der Waals surface area contributed by atoms with E-state index in [1.807, 2.05) is 39.0 Å². The predicted octanol–water partition coefficient (Wildman–Crippen LogP) is 2.90. The van der Waals surface area contributed by atoms with Crippen LogP contribution in [0.15, 0.2) is 18.2 Å². The number of anilines is 1. The van der Waals surface area contributed by atoms with Crippen molar-refractivity contribution in [3.05, 3.63) is 39.9 Å². The van der Waals surface area contributed by atoms with Crippen molar-refractivity contribution in [3.8, 4) is 0 Å². The molecule has 0 unspecified atom stereocenters. The molecule has 2 rings (SSSR count). The summed E-state index contributed by atoms with van der Waals surface area (Å²) in [6.07, 6.45) is -0.321. The van der Waals surface area contributed by atoms with E-state index in [1.54, 1.807) is 6.92 Å². The van der Waals surface area contributed by atoms with Gasteiger partial charge >= 0.3 is 5.97 Å². The number of amides is 1. The minimum Gasteiger partial charge on any atom is -0.448 e. The van der Waals surface area contributed by atoms with E-state index < -0.39 is 12.1 Å². The van der Waals surface area contributed by atoms with Crippen LogP contribution in [-0.2, 0) is 16.0 Å². The molecule has 0 aliphatic heterocycles. The molecule has 1 aromatic heterocycles. The average molecular weight is 333 g/mol. The molecule has 0 saturated carbocycles. The predicted molar refractivity (Wildman–Crippen MR) is 88.7 cm³/mol. The van der Waals surface area contributed by atoms with E-state index in [0.29, 0.717) is 22.7 Å².